The number of nitrogens with zero attached hydrogens (tertiary/aromatic N) is 1. The summed E-state index contributed by atoms with van der Waals surface area (Å²) < 4.78 is 13.9. The van der Waals surface area contributed by atoms with Gasteiger partial charge >= 0.3 is 6.03 Å². The van der Waals surface area contributed by atoms with Gasteiger partial charge in [-0.05, 0) is 31.4 Å². The molecule has 0 spiro atoms. The summed E-state index contributed by atoms with van der Waals surface area (Å²) in [5.41, 5.74) is 1.07. The second kappa shape index (κ2) is 7.64. The van der Waals surface area contributed by atoms with Crippen molar-refractivity contribution in [2.75, 3.05) is 5.75 Å². The first-order valence-corrected chi connectivity index (χ1v) is 9.00. The standard InChI is InChI=1S/C15H25N3O2S/c1-3-21(20)14-8-4-6-12(10-14)17-15(19)16-11-13-7-5-9-18(13)2/h5,7,9,12,14H,3-4,6,8,10-11H2,1-2H3,(H2,16,17,19). The Morgan fingerprint density at radius 2 is 2.29 bits per heavy atom. The molecule has 1 aromatic heterocycles. The van der Waals surface area contributed by atoms with Crippen LogP contribution in [-0.4, -0.2) is 31.9 Å². The third kappa shape index (κ3) is 4.59. The van der Waals surface area contributed by atoms with Crippen LogP contribution in [0.5, 0.6) is 0 Å². The van der Waals surface area contributed by atoms with Crippen molar-refractivity contribution in [3.05, 3.63) is 24.0 Å². The van der Waals surface area contributed by atoms with E-state index in [0.29, 0.717) is 12.3 Å². The molecule has 1 heterocycles. The van der Waals surface area contributed by atoms with Gasteiger partial charge in [-0.2, -0.15) is 0 Å². The summed E-state index contributed by atoms with van der Waals surface area (Å²) in [5.74, 6) is 0.705. The highest BCUT2D eigenvalue weighted by Crippen LogP contribution is 2.22. The van der Waals surface area contributed by atoms with Crippen LogP contribution >= 0.6 is 0 Å². The minimum Gasteiger partial charge on any atom is -0.353 e. The largest absolute Gasteiger partial charge is 0.353 e. The summed E-state index contributed by atoms with van der Waals surface area (Å²) in [4.78, 5) is 12.0. The van der Waals surface area contributed by atoms with E-state index in [0.717, 1.165) is 31.4 Å². The predicted octanol–water partition coefficient (Wildman–Crippen LogP) is 1.90. The van der Waals surface area contributed by atoms with E-state index in [1.807, 2.05) is 36.9 Å². The lowest BCUT2D eigenvalue weighted by atomic mass is 9.95. The van der Waals surface area contributed by atoms with E-state index in [4.69, 9.17) is 0 Å². The van der Waals surface area contributed by atoms with Crippen molar-refractivity contribution in [3.63, 3.8) is 0 Å². The fraction of sp³-hybridized carbons (Fsp3) is 0.667. The summed E-state index contributed by atoms with van der Waals surface area (Å²) in [6.07, 6.45) is 5.83. The number of hydrogen-bond acceptors (Lipinski definition) is 2. The van der Waals surface area contributed by atoms with Crippen molar-refractivity contribution in [2.24, 2.45) is 7.05 Å². The van der Waals surface area contributed by atoms with Gasteiger partial charge in [0.25, 0.3) is 0 Å². The first-order chi connectivity index (χ1) is 10.1. The van der Waals surface area contributed by atoms with E-state index in [1.165, 1.54) is 0 Å². The topological polar surface area (TPSA) is 63.1 Å². The van der Waals surface area contributed by atoms with Crippen molar-refractivity contribution in [2.45, 2.75) is 50.4 Å². The maximum absolute atomic E-state index is 12.0. The molecule has 0 bridgehead atoms. The zero-order chi connectivity index (χ0) is 15.2. The van der Waals surface area contributed by atoms with Gasteiger partial charge in [0.2, 0.25) is 0 Å². The molecule has 0 saturated heterocycles. The molecular weight excluding hydrogens is 286 g/mol. The van der Waals surface area contributed by atoms with Crippen LogP contribution in [0.25, 0.3) is 0 Å². The maximum Gasteiger partial charge on any atom is 0.315 e. The number of carbonyl (C=O) groups is 1. The molecule has 21 heavy (non-hydrogen) atoms. The van der Waals surface area contributed by atoms with Crippen LogP contribution in [0.3, 0.4) is 0 Å². The molecule has 0 radical (unpaired) electrons. The molecule has 5 nitrogen and oxygen atoms in total. The second-order valence-electron chi connectivity index (χ2n) is 5.59. The number of carbonyl (C=O) groups excluding carboxylic acids is 1. The Bertz CT molecular complexity index is 501. The van der Waals surface area contributed by atoms with Gasteiger partial charge in [0.15, 0.2) is 0 Å². The molecule has 1 fully saturated rings. The maximum atomic E-state index is 12.0. The monoisotopic (exact) mass is 311 g/mol. The Balaban J connectivity index is 1.77. The van der Waals surface area contributed by atoms with E-state index < -0.39 is 10.8 Å². The molecule has 118 valence electrons. The fourth-order valence-electron chi connectivity index (χ4n) is 2.84. The van der Waals surface area contributed by atoms with Crippen LogP contribution in [0, 0.1) is 0 Å². The van der Waals surface area contributed by atoms with E-state index >= 15 is 0 Å². The number of aryl methyl sites for hydroxylation is 1. The highest BCUT2D eigenvalue weighted by molar-refractivity contribution is 7.85. The molecule has 3 unspecified atom stereocenters. The summed E-state index contributed by atoms with van der Waals surface area (Å²) in [5, 5.41) is 6.14. The van der Waals surface area contributed by atoms with E-state index in [-0.39, 0.29) is 17.3 Å². The molecule has 2 rings (SSSR count). The molecule has 6 heteroatoms. The van der Waals surface area contributed by atoms with Crippen molar-refractivity contribution < 1.29 is 9.00 Å². The molecule has 0 aliphatic heterocycles. The lowest BCUT2D eigenvalue weighted by Gasteiger charge is -2.29. The van der Waals surface area contributed by atoms with Crippen LogP contribution in [0.2, 0.25) is 0 Å². The average molecular weight is 311 g/mol. The van der Waals surface area contributed by atoms with Crippen LogP contribution in [0.15, 0.2) is 18.3 Å². The fourth-order valence-corrected chi connectivity index (χ4v) is 4.19. The van der Waals surface area contributed by atoms with Crippen molar-refractivity contribution >= 4 is 16.8 Å². The Hall–Kier alpha value is -1.30. The third-order valence-corrected chi connectivity index (χ3v) is 5.84. The number of rotatable bonds is 5. The molecule has 1 aromatic rings. The number of amides is 2. The smallest absolute Gasteiger partial charge is 0.315 e. The molecule has 1 aliphatic carbocycles. The third-order valence-electron chi connectivity index (χ3n) is 4.10. The summed E-state index contributed by atoms with van der Waals surface area (Å²) >= 11 is 0. The molecule has 0 aromatic carbocycles. The Morgan fingerprint density at radius 1 is 1.48 bits per heavy atom. The lowest BCUT2D eigenvalue weighted by Crippen LogP contribution is -2.45. The average Bonchev–Trinajstić information content (AvgIpc) is 2.90. The van der Waals surface area contributed by atoms with Gasteiger partial charge < -0.3 is 15.2 Å². The first kappa shape index (κ1) is 16.1. The molecule has 1 saturated carbocycles. The first-order valence-electron chi connectivity index (χ1n) is 7.62. The zero-order valence-corrected chi connectivity index (χ0v) is 13.6. The number of nitrogens with one attached hydrogen (secondary N) is 2. The minimum atomic E-state index is -0.755. The number of hydrogen-bond donors (Lipinski definition) is 2. The van der Waals surface area contributed by atoms with Gasteiger partial charge in [0.1, 0.15) is 0 Å². The van der Waals surface area contributed by atoms with Crippen molar-refractivity contribution in [1.82, 2.24) is 15.2 Å². The van der Waals surface area contributed by atoms with Gasteiger partial charge in [-0.15, -0.1) is 0 Å². The SMILES string of the molecule is CCS(=O)C1CCCC(NC(=O)NCc2cccn2C)C1. The minimum absolute atomic E-state index is 0.135. The van der Waals surface area contributed by atoms with E-state index in [9.17, 15) is 9.00 Å². The van der Waals surface area contributed by atoms with Gasteiger partial charge in [-0.3, -0.25) is 4.21 Å². The summed E-state index contributed by atoms with van der Waals surface area (Å²) in [6, 6.07) is 3.96. The quantitative estimate of drug-likeness (QED) is 0.872. The van der Waals surface area contributed by atoms with Crippen LogP contribution in [-0.2, 0) is 24.4 Å². The lowest BCUT2D eigenvalue weighted by molar-refractivity contribution is 0.232. The second-order valence-corrected chi connectivity index (χ2v) is 7.60. The molecule has 3 atom stereocenters. The van der Waals surface area contributed by atoms with E-state index in [2.05, 4.69) is 10.6 Å². The highest BCUT2D eigenvalue weighted by atomic mass is 32.2. The predicted molar refractivity (Wildman–Crippen MR) is 85.5 cm³/mol. The van der Waals surface area contributed by atoms with Crippen LogP contribution in [0.1, 0.15) is 38.3 Å². The van der Waals surface area contributed by atoms with Gasteiger partial charge in [0, 0.05) is 46.8 Å². The molecule has 2 amide bonds. The molecule has 1 aliphatic rings. The van der Waals surface area contributed by atoms with Crippen molar-refractivity contribution in [3.8, 4) is 0 Å². The Kier molecular flexibility index (Phi) is 5.85. The zero-order valence-electron chi connectivity index (χ0n) is 12.8. The van der Waals surface area contributed by atoms with Gasteiger partial charge in [-0.1, -0.05) is 13.3 Å². The highest BCUT2D eigenvalue weighted by Gasteiger charge is 2.26. The molecule has 2 N–H and O–H groups in total. The van der Waals surface area contributed by atoms with Crippen molar-refractivity contribution in [1.29, 1.82) is 0 Å². The number of urea groups is 1. The summed E-state index contributed by atoms with van der Waals surface area (Å²) in [7, 11) is 1.20. The normalized spacial score (nSPS) is 23.5. The number of aromatic nitrogens is 1. The van der Waals surface area contributed by atoms with Crippen LogP contribution < -0.4 is 10.6 Å². The molecular formula is C15H25N3O2S. The van der Waals surface area contributed by atoms with E-state index in [1.54, 1.807) is 0 Å². The van der Waals surface area contributed by atoms with Gasteiger partial charge in [-0.25, -0.2) is 4.79 Å². The Morgan fingerprint density at radius 3 is 2.95 bits per heavy atom. The van der Waals surface area contributed by atoms with Gasteiger partial charge in [0.05, 0.1) is 6.54 Å². The summed E-state index contributed by atoms with van der Waals surface area (Å²) in [6.45, 7) is 2.48. The Labute approximate surface area is 128 Å². The van der Waals surface area contributed by atoms with Crippen LogP contribution in [0.4, 0.5) is 4.79 Å².